The Morgan fingerprint density at radius 3 is 1.03 bits per heavy atom. The standard InChI is InChI=1S/C61H87N15O21/c1-65(23-42(62)77)44(79)24-66(2)45(80)25-67(3)46(81)26-68(4)47(82)27-69(5)48(83)28-70(6)49(84)29-71(7)50(85)30-72(8)51(86)31-73(9)52(87)32-74(10)53(88)33-75(11)54(89)34-76(12)59(92)57-55(90)56(91)58(97-57)64-43(78)22-21-41(60(93)94)63-61(95)96-35-40-38-19-15-13-17-36(38)37-18-14-16-20-39(37)40/h13-20,40-41,55-58,90-91H,21-35H2,1-12H3,(H2,62,77)(H,63,95)(H,64,78)(H,93,94)/t41-,55-,56+,57-,58?/m0/s1. The fourth-order valence-electron chi connectivity index (χ4n) is 9.61. The number of amides is 15. The molecule has 0 spiro atoms. The number of hydrogen-bond donors (Lipinski definition) is 6. The van der Waals surface area contributed by atoms with Crippen LogP contribution in [0.15, 0.2) is 48.5 Å². The van der Waals surface area contributed by atoms with Crippen LogP contribution in [0, 0.1) is 0 Å². The summed E-state index contributed by atoms with van der Waals surface area (Å²) in [6, 6.07) is 13.6. The number of primary amides is 1. The highest BCUT2D eigenvalue weighted by Crippen LogP contribution is 2.44. The molecule has 1 saturated heterocycles. The molecule has 15 amide bonds. The minimum atomic E-state index is -1.91. The van der Waals surface area contributed by atoms with E-state index in [0.717, 1.165) is 88.1 Å². The van der Waals surface area contributed by atoms with Gasteiger partial charge in [0.2, 0.25) is 76.8 Å². The topological polar surface area (TPSA) is 441 Å². The van der Waals surface area contributed by atoms with Crippen LogP contribution in [0.1, 0.15) is 29.9 Å². The molecule has 4 rings (SSSR count). The molecule has 2 aromatic carbocycles. The Balaban J connectivity index is 1.13. The van der Waals surface area contributed by atoms with Gasteiger partial charge >= 0.3 is 12.1 Å². The Bertz CT molecular complexity index is 3270. The number of nitrogens with zero attached hydrogens (tertiary/aromatic N) is 12. The third-order valence-corrected chi connectivity index (χ3v) is 16.0. The van der Waals surface area contributed by atoms with Gasteiger partial charge < -0.3 is 100.0 Å². The first-order valence-electron chi connectivity index (χ1n) is 30.2. The molecular formula is C61H87N15O21. The largest absolute Gasteiger partial charge is 0.480 e. The van der Waals surface area contributed by atoms with Crippen molar-refractivity contribution in [1.29, 1.82) is 0 Å². The van der Waals surface area contributed by atoms with Crippen LogP contribution >= 0.6 is 0 Å². The van der Waals surface area contributed by atoms with Crippen LogP contribution in [0.2, 0.25) is 0 Å². The molecule has 532 valence electrons. The Labute approximate surface area is 559 Å². The summed E-state index contributed by atoms with van der Waals surface area (Å²) in [6.45, 7) is -6.27. The molecule has 97 heavy (non-hydrogen) atoms. The first kappa shape index (κ1) is 79.1. The van der Waals surface area contributed by atoms with E-state index in [1.54, 1.807) is 0 Å². The van der Waals surface area contributed by atoms with Gasteiger partial charge in [-0.05, 0) is 28.7 Å². The molecule has 1 fully saturated rings. The van der Waals surface area contributed by atoms with Crippen LogP contribution in [0.5, 0.6) is 0 Å². The number of nitrogens with one attached hydrogen (secondary N) is 2. The summed E-state index contributed by atoms with van der Waals surface area (Å²) in [5, 5.41) is 35.8. The lowest BCUT2D eigenvalue weighted by molar-refractivity contribution is -0.151. The molecule has 0 bridgehead atoms. The third-order valence-electron chi connectivity index (χ3n) is 16.0. The van der Waals surface area contributed by atoms with Crippen molar-refractivity contribution in [3.05, 3.63) is 59.7 Å². The normalized spacial score (nSPS) is 15.3. The van der Waals surface area contributed by atoms with Crippen LogP contribution in [0.25, 0.3) is 11.1 Å². The van der Waals surface area contributed by atoms with Crippen molar-refractivity contribution in [2.75, 3.05) is 170 Å². The van der Waals surface area contributed by atoms with Crippen molar-refractivity contribution < 1.29 is 102 Å². The van der Waals surface area contributed by atoms with Crippen molar-refractivity contribution in [3.63, 3.8) is 0 Å². The molecule has 36 nitrogen and oxygen atoms in total. The van der Waals surface area contributed by atoms with E-state index in [1.165, 1.54) is 77.5 Å². The van der Waals surface area contributed by atoms with Gasteiger partial charge in [0.25, 0.3) is 5.91 Å². The quantitative estimate of drug-likeness (QED) is 0.0387. The number of fused-ring (bicyclic) bond motifs is 3. The maximum atomic E-state index is 13.4. The highest BCUT2D eigenvalue weighted by molar-refractivity contribution is 5.95. The van der Waals surface area contributed by atoms with Gasteiger partial charge in [-0.25, -0.2) is 9.59 Å². The molecule has 0 saturated carbocycles. The van der Waals surface area contributed by atoms with Crippen LogP contribution in [-0.4, -0.2) is 369 Å². The maximum absolute atomic E-state index is 13.4. The number of nitrogens with two attached hydrogens (primary N) is 1. The number of carboxylic acids is 1. The predicted molar refractivity (Wildman–Crippen MR) is 339 cm³/mol. The van der Waals surface area contributed by atoms with E-state index in [1.807, 2.05) is 48.5 Å². The van der Waals surface area contributed by atoms with Crippen molar-refractivity contribution in [2.24, 2.45) is 5.73 Å². The van der Waals surface area contributed by atoms with Gasteiger partial charge in [-0.15, -0.1) is 0 Å². The van der Waals surface area contributed by atoms with Crippen molar-refractivity contribution in [3.8, 4) is 11.1 Å². The molecule has 2 aromatic rings. The lowest BCUT2D eigenvalue weighted by Crippen LogP contribution is -2.50. The first-order valence-corrected chi connectivity index (χ1v) is 30.2. The molecule has 5 atom stereocenters. The summed E-state index contributed by atoms with van der Waals surface area (Å²) >= 11 is 0. The molecule has 1 aliphatic heterocycles. The molecule has 1 aliphatic carbocycles. The number of likely N-dealkylation sites (N-methyl/N-ethyl adjacent to an activating group) is 12. The number of aliphatic carboxylic acids is 1. The molecule has 1 unspecified atom stereocenters. The van der Waals surface area contributed by atoms with E-state index in [9.17, 15) is 92.0 Å². The van der Waals surface area contributed by atoms with Crippen LogP contribution in [0.4, 0.5) is 4.79 Å². The van der Waals surface area contributed by atoms with E-state index in [0.29, 0.717) is 0 Å². The number of carbonyl (C=O) groups excluding carboxylic acids is 15. The summed E-state index contributed by atoms with van der Waals surface area (Å²) in [7, 11) is 15.3. The number of aliphatic hydroxyl groups is 2. The van der Waals surface area contributed by atoms with Gasteiger partial charge in [0, 0.05) is 96.9 Å². The van der Waals surface area contributed by atoms with E-state index < -0.39 is 210 Å². The fraction of sp³-hybridized carbons (Fsp3) is 0.541. The SMILES string of the molecule is CN(CC(N)=O)C(=O)CN(C)C(=O)CN(C)C(=O)CN(C)C(=O)CN(C)C(=O)CN(C)C(=O)CN(C)C(=O)CN(C)C(=O)CN(C)C(=O)CN(C)C(=O)CN(C)C(=O)CN(C)C(=O)[C@H]1OC(NC(=O)CC[C@H](NC(=O)OCC2c3ccccc3-c3ccccc32)C(=O)O)[C@H](O)[C@@H]1O. The van der Waals surface area contributed by atoms with E-state index in [-0.39, 0.29) is 19.1 Å². The van der Waals surface area contributed by atoms with Gasteiger partial charge in [-0.3, -0.25) is 67.1 Å². The lowest BCUT2D eigenvalue weighted by Gasteiger charge is -2.28. The second kappa shape index (κ2) is 35.9. The fourth-order valence-corrected chi connectivity index (χ4v) is 9.61. The summed E-state index contributed by atoms with van der Waals surface area (Å²) in [6.07, 6.45) is -9.24. The third kappa shape index (κ3) is 22.9. The van der Waals surface area contributed by atoms with Crippen molar-refractivity contribution in [2.45, 2.75) is 49.3 Å². The second-order valence-electron chi connectivity index (χ2n) is 23.8. The molecule has 2 aliphatic rings. The Hall–Kier alpha value is -10.4. The number of ether oxygens (including phenoxy) is 2. The second-order valence-corrected chi connectivity index (χ2v) is 23.8. The van der Waals surface area contributed by atoms with Crippen molar-refractivity contribution >= 4 is 94.8 Å². The monoisotopic (exact) mass is 1370 g/mol. The number of aliphatic hydroxyl groups excluding tert-OH is 2. The van der Waals surface area contributed by atoms with Crippen molar-refractivity contribution in [1.82, 2.24) is 69.4 Å². The molecular weight excluding hydrogens is 1280 g/mol. The highest BCUT2D eigenvalue weighted by atomic mass is 16.6. The average molecular weight is 1370 g/mol. The minimum absolute atomic E-state index is 0.0990. The van der Waals surface area contributed by atoms with Crippen LogP contribution in [0.3, 0.4) is 0 Å². The Kier molecular flexibility index (Phi) is 29.3. The number of rotatable bonds is 33. The van der Waals surface area contributed by atoms with Gasteiger partial charge in [-0.2, -0.15) is 0 Å². The smallest absolute Gasteiger partial charge is 0.407 e. The number of alkyl carbamates (subject to hydrolysis) is 1. The van der Waals surface area contributed by atoms with E-state index in [4.69, 9.17) is 15.2 Å². The molecule has 0 radical (unpaired) electrons. The van der Waals surface area contributed by atoms with E-state index >= 15 is 0 Å². The summed E-state index contributed by atoms with van der Waals surface area (Å²) in [5.41, 5.74) is 8.94. The number of carboxylic acid groups (broad SMARTS) is 1. The molecule has 0 aromatic heterocycles. The molecule has 1 heterocycles. The first-order chi connectivity index (χ1) is 45.3. The number of benzene rings is 2. The highest BCUT2D eigenvalue weighted by Gasteiger charge is 2.48. The molecule has 36 heteroatoms. The summed E-state index contributed by atoms with van der Waals surface area (Å²) in [4.78, 5) is 217. The minimum Gasteiger partial charge on any atom is -0.480 e. The number of hydrogen-bond acceptors (Lipinski definition) is 20. The van der Waals surface area contributed by atoms with Gasteiger partial charge in [-0.1, -0.05) is 48.5 Å². The van der Waals surface area contributed by atoms with E-state index in [2.05, 4.69) is 10.6 Å². The summed E-state index contributed by atoms with van der Waals surface area (Å²) < 4.78 is 10.9. The Morgan fingerprint density at radius 2 is 0.732 bits per heavy atom. The molecule has 7 N–H and O–H groups in total. The average Bonchev–Trinajstić information content (AvgIpc) is 1.62. The maximum Gasteiger partial charge on any atom is 0.407 e. The van der Waals surface area contributed by atoms with Gasteiger partial charge in [0.1, 0.15) is 24.9 Å². The lowest BCUT2D eigenvalue weighted by atomic mass is 9.98. The zero-order valence-electron chi connectivity index (χ0n) is 56.3. The van der Waals surface area contributed by atoms with Gasteiger partial charge in [0.05, 0.1) is 78.5 Å². The van der Waals surface area contributed by atoms with Gasteiger partial charge in [0.15, 0.2) is 12.3 Å². The summed E-state index contributed by atoms with van der Waals surface area (Å²) in [5.74, 6) is -11.9. The Morgan fingerprint density at radius 1 is 0.443 bits per heavy atom. The van der Waals surface area contributed by atoms with Crippen LogP contribution in [-0.2, 0) is 81.4 Å². The van der Waals surface area contributed by atoms with Crippen LogP contribution < -0.4 is 16.4 Å². The zero-order valence-corrected chi connectivity index (χ0v) is 56.3. The predicted octanol–water partition coefficient (Wildman–Crippen LogP) is -6.69. The number of carbonyl (C=O) groups is 16. The zero-order chi connectivity index (χ0) is 73.0.